The van der Waals surface area contributed by atoms with E-state index in [9.17, 15) is 9.18 Å². The van der Waals surface area contributed by atoms with Crippen molar-refractivity contribution in [1.29, 1.82) is 0 Å². The Morgan fingerprint density at radius 2 is 2.21 bits per heavy atom. The molecule has 0 fully saturated rings. The summed E-state index contributed by atoms with van der Waals surface area (Å²) in [6.45, 7) is 0. The zero-order chi connectivity index (χ0) is 9.97. The molecule has 0 amide bonds. The molecule has 3 nitrogen and oxygen atoms in total. The first-order valence-corrected chi connectivity index (χ1v) is 3.97. The van der Waals surface area contributed by atoms with Gasteiger partial charge < -0.3 is 4.42 Å². The fourth-order valence-electron chi connectivity index (χ4n) is 1.04. The number of rotatable bonds is 2. The summed E-state index contributed by atoms with van der Waals surface area (Å²) < 4.78 is 17.4. The Kier molecular flexibility index (Phi) is 2.10. The number of carbonyl (C=O) groups is 1. The summed E-state index contributed by atoms with van der Waals surface area (Å²) >= 11 is 0. The highest BCUT2D eigenvalue weighted by atomic mass is 19.1. The van der Waals surface area contributed by atoms with Gasteiger partial charge in [-0.15, -0.1) is 0 Å². The van der Waals surface area contributed by atoms with E-state index < -0.39 is 5.82 Å². The van der Waals surface area contributed by atoms with Gasteiger partial charge in [0.05, 0.1) is 12.5 Å². The van der Waals surface area contributed by atoms with Gasteiger partial charge >= 0.3 is 0 Å². The molecule has 2 aromatic heterocycles. The summed E-state index contributed by atoms with van der Waals surface area (Å²) in [5.41, 5.74) is 0.168. The molecule has 0 aromatic carbocycles. The number of halogens is 1. The van der Waals surface area contributed by atoms with Crippen LogP contribution in [0.5, 0.6) is 0 Å². The molecule has 0 saturated heterocycles. The Balaban J connectivity index is 2.33. The maximum Gasteiger partial charge on any atom is 0.246 e. The molecule has 4 heteroatoms. The van der Waals surface area contributed by atoms with Gasteiger partial charge in [-0.25, -0.2) is 9.37 Å². The number of carbonyl (C=O) groups excluding carboxylic acids is 1. The van der Waals surface area contributed by atoms with Crippen LogP contribution in [0.15, 0.2) is 41.1 Å². The van der Waals surface area contributed by atoms with Crippen molar-refractivity contribution < 1.29 is 13.6 Å². The van der Waals surface area contributed by atoms with Crippen LogP contribution >= 0.6 is 0 Å². The van der Waals surface area contributed by atoms with Crippen molar-refractivity contribution in [2.45, 2.75) is 0 Å². The second-order valence-corrected chi connectivity index (χ2v) is 2.67. The van der Waals surface area contributed by atoms with Gasteiger partial charge in [0, 0.05) is 0 Å². The van der Waals surface area contributed by atoms with Gasteiger partial charge in [-0.2, -0.15) is 0 Å². The Morgan fingerprint density at radius 1 is 1.36 bits per heavy atom. The molecule has 0 atom stereocenters. The van der Waals surface area contributed by atoms with E-state index in [1.165, 1.54) is 24.5 Å². The van der Waals surface area contributed by atoms with Crippen LogP contribution in [0.25, 0.3) is 0 Å². The molecule has 0 saturated carbocycles. The molecule has 2 rings (SSSR count). The maximum absolute atomic E-state index is 12.5. The molecule has 2 heterocycles. The molecule has 0 bridgehead atoms. The van der Waals surface area contributed by atoms with Crippen LogP contribution < -0.4 is 0 Å². The minimum absolute atomic E-state index is 0.168. The van der Waals surface area contributed by atoms with Crippen LogP contribution in [-0.2, 0) is 0 Å². The molecule has 0 aliphatic rings. The molecule has 0 aliphatic carbocycles. The van der Waals surface area contributed by atoms with E-state index in [4.69, 9.17) is 4.42 Å². The second-order valence-electron chi connectivity index (χ2n) is 2.67. The molecule has 0 aliphatic heterocycles. The Bertz CT molecular complexity index is 434. The van der Waals surface area contributed by atoms with Crippen LogP contribution in [0.4, 0.5) is 4.39 Å². The summed E-state index contributed by atoms with van der Waals surface area (Å²) in [6, 6.07) is 5.65. The fraction of sp³-hybridized carbons (Fsp3) is 0. The lowest BCUT2D eigenvalue weighted by molar-refractivity contribution is 0.100. The number of hydrogen-bond acceptors (Lipinski definition) is 3. The summed E-state index contributed by atoms with van der Waals surface area (Å²) in [5.74, 6) is -0.625. The third-order valence-corrected chi connectivity index (χ3v) is 1.70. The zero-order valence-electron chi connectivity index (χ0n) is 7.11. The van der Waals surface area contributed by atoms with Crippen molar-refractivity contribution in [3.63, 3.8) is 0 Å². The smallest absolute Gasteiger partial charge is 0.246 e. The van der Waals surface area contributed by atoms with E-state index in [0.29, 0.717) is 0 Å². The number of hydrogen-bond donors (Lipinski definition) is 0. The van der Waals surface area contributed by atoms with E-state index in [1.807, 2.05) is 0 Å². The fourth-order valence-corrected chi connectivity index (χ4v) is 1.04. The zero-order valence-corrected chi connectivity index (χ0v) is 7.11. The van der Waals surface area contributed by atoms with Crippen LogP contribution in [0, 0.1) is 5.82 Å². The van der Waals surface area contributed by atoms with Gasteiger partial charge in [0.25, 0.3) is 0 Å². The number of furan rings is 1. The van der Waals surface area contributed by atoms with E-state index in [2.05, 4.69) is 4.98 Å². The predicted octanol–water partition coefficient (Wildman–Crippen LogP) is 2.04. The number of ketones is 1. The van der Waals surface area contributed by atoms with Crippen molar-refractivity contribution in [2.75, 3.05) is 0 Å². The lowest BCUT2D eigenvalue weighted by atomic mass is 10.2. The van der Waals surface area contributed by atoms with Gasteiger partial charge in [-0.05, 0) is 24.3 Å². The second kappa shape index (κ2) is 3.41. The Labute approximate surface area is 79.2 Å². The SMILES string of the molecule is O=C(c1ccc(F)cn1)c1ccco1. The third-order valence-electron chi connectivity index (χ3n) is 1.70. The molecular formula is C10H6FNO2. The van der Waals surface area contributed by atoms with E-state index >= 15 is 0 Å². The quantitative estimate of drug-likeness (QED) is 0.682. The molecule has 0 N–H and O–H groups in total. The maximum atomic E-state index is 12.5. The van der Waals surface area contributed by atoms with Gasteiger partial charge in [0.15, 0.2) is 5.76 Å². The average Bonchev–Trinajstić information content (AvgIpc) is 2.71. The summed E-state index contributed by atoms with van der Waals surface area (Å²) in [4.78, 5) is 15.2. The molecule has 0 radical (unpaired) electrons. The molecule has 14 heavy (non-hydrogen) atoms. The summed E-state index contributed by atoms with van der Waals surface area (Å²) in [5, 5.41) is 0. The molecule has 2 aromatic rings. The lowest BCUT2D eigenvalue weighted by Crippen LogP contribution is -2.02. The van der Waals surface area contributed by atoms with Crippen LogP contribution in [0.3, 0.4) is 0 Å². The topological polar surface area (TPSA) is 43.1 Å². The first-order chi connectivity index (χ1) is 6.77. The molecule has 0 spiro atoms. The van der Waals surface area contributed by atoms with E-state index in [0.717, 1.165) is 6.20 Å². The van der Waals surface area contributed by atoms with Crippen molar-refractivity contribution in [1.82, 2.24) is 4.98 Å². The number of aromatic nitrogens is 1. The van der Waals surface area contributed by atoms with Gasteiger partial charge in [-0.3, -0.25) is 4.79 Å². The highest BCUT2D eigenvalue weighted by molar-refractivity contribution is 6.05. The highest BCUT2D eigenvalue weighted by Gasteiger charge is 2.12. The largest absolute Gasteiger partial charge is 0.461 e. The normalized spacial score (nSPS) is 10.1. The van der Waals surface area contributed by atoms with Crippen molar-refractivity contribution in [3.8, 4) is 0 Å². The van der Waals surface area contributed by atoms with Crippen LogP contribution in [0.2, 0.25) is 0 Å². The predicted molar refractivity (Wildman–Crippen MR) is 46.3 cm³/mol. The van der Waals surface area contributed by atoms with Gasteiger partial charge in [0.2, 0.25) is 5.78 Å². The molecular weight excluding hydrogens is 185 g/mol. The summed E-state index contributed by atoms with van der Waals surface area (Å²) in [7, 11) is 0. The monoisotopic (exact) mass is 191 g/mol. The first-order valence-electron chi connectivity index (χ1n) is 3.97. The van der Waals surface area contributed by atoms with E-state index in [1.54, 1.807) is 6.07 Å². The van der Waals surface area contributed by atoms with Crippen molar-refractivity contribution >= 4 is 5.78 Å². The average molecular weight is 191 g/mol. The Hall–Kier alpha value is -1.97. The Morgan fingerprint density at radius 3 is 2.79 bits per heavy atom. The standard InChI is InChI=1S/C10H6FNO2/c11-7-3-4-8(12-6-7)10(13)9-2-1-5-14-9/h1-6H. The number of nitrogens with zero attached hydrogens (tertiary/aromatic N) is 1. The minimum atomic E-state index is -0.471. The van der Waals surface area contributed by atoms with Crippen molar-refractivity contribution in [2.24, 2.45) is 0 Å². The molecule has 70 valence electrons. The van der Waals surface area contributed by atoms with Crippen molar-refractivity contribution in [3.05, 3.63) is 54.0 Å². The first kappa shape index (κ1) is 8.62. The van der Waals surface area contributed by atoms with Gasteiger partial charge in [0.1, 0.15) is 11.5 Å². The number of pyridine rings is 1. The van der Waals surface area contributed by atoms with E-state index in [-0.39, 0.29) is 17.2 Å². The highest BCUT2D eigenvalue weighted by Crippen LogP contribution is 2.08. The van der Waals surface area contributed by atoms with Crippen LogP contribution in [0.1, 0.15) is 16.2 Å². The minimum Gasteiger partial charge on any atom is -0.461 e. The summed E-state index contributed by atoms with van der Waals surface area (Å²) in [6.07, 6.45) is 2.40. The van der Waals surface area contributed by atoms with Gasteiger partial charge in [-0.1, -0.05) is 0 Å². The molecule has 0 unspecified atom stereocenters. The lowest BCUT2D eigenvalue weighted by Gasteiger charge is -1.95. The third kappa shape index (κ3) is 1.54. The van der Waals surface area contributed by atoms with Crippen LogP contribution in [-0.4, -0.2) is 10.8 Å².